The van der Waals surface area contributed by atoms with Crippen molar-refractivity contribution in [3.63, 3.8) is 0 Å². The molecule has 6 heteroatoms. The van der Waals surface area contributed by atoms with Crippen LogP contribution in [0.3, 0.4) is 0 Å². The molecule has 1 heterocycles. The van der Waals surface area contributed by atoms with Gasteiger partial charge in [-0.05, 0) is 12.2 Å². The van der Waals surface area contributed by atoms with Crippen LogP contribution in [0.15, 0.2) is 0 Å². The lowest BCUT2D eigenvalue weighted by molar-refractivity contribution is 0.988. The summed E-state index contributed by atoms with van der Waals surface area (Å²) in [4.78, 5) is 12.2. The molecule has 0 bridgehead atoms. The minimum atomic E-state index is 0.613. The van der Waals surface area contributed by atoms with E-state index in [4.69, 9.17) is 12.2 Å². The summed E-state index contributed by atoms with van der Waals surface area (Å²) in [6, 6.07) is 0. The maximum absolute atomic E-state index is 5.04. The molecule has 0 spiro atoms. The van der Waals surface area contributed by atoms with Gasteiger partial charge in [0.15, 0.2) is 9.09 Å². The largest absolute Gasteiger partial charge is 0.354 e. The standard InChI is InChI=1S/C7H12N4S2/c1-10(2)5-8-6(11(3)4)13-7(12)9-5/h1-4H3. The van der Waals surface area contributed by atoms with Crippen molar-refractivity contribution in [1.29, 1.82) is 0 Å². The summed E-state index contributed by atoms with van der Waals surface area (Å²) in [5.41, 5.74) is 0. The van der Waals surface area contributed by atoms with E-state index in [1.54, 1.807) is 0 Å². The number of rotatable bonds is 2. The van der Waals surface area contributed by atoms with Crippen molar-refractivity contribution in [3.8, 4) is 0 Å². The highest BCUT2D eigenvalue weighted by molar-refractivity contribution is 7.73. The molecule has 1 aromatic rings. The van der Waals surface area contributed by atoms with Crippen molar-refractivity contribution in [2.45, 2.75) is 0 Å². The van der Waals surface area contributed by atoms with Gasteiger partial charge >= 0.3 is 0 Å². The van der Waals surface area contributed by atoms with Gasteiger partial charge in [-0.1, -0.05) is 11.3 Å². The van der Waals surface area contributed by atoms with Gasteiger partial charge in [-0.2, -0.15) is 9.97 Å². The van der Waals surface area contributed by atoms with E-state index in [-0.39, 0.29) is 0 Å². The van der Waals surface area contributed by atoms with Crippen molar-refractivity contribution < 1.29 is 0 Å². The van der Waals surface area contributed by atoms with Gasteiger partial charge in [0.1, 0.15) is 0 Å². The Bertz CT molecular complexity index is 315. The highest BCUT2D eigenvalue weighted by Gasteiger charge is 2.04. The lowest BCUT2D eigenvalue weighted by atomic mass is 10.8. The summed E-state index contributed by atoms with van der Waals surface area (Å²) >= 11 is 6.45. The Hall–Kier alpha value is -0.750. The predicted octanol–water partition coefficient (Wildman–Crippen LogP) is 1.40. The van der Waals surface area contributed by atoms with E-state index in [1.807, 2.05) is 38.0 Å². The zero-order chi connectivity index (χ0) is 10.0. The summed E-state index contributed by atoms with van der Waals surface area (Å²) < 4.78 is 0.613. The molecule has 0 saturated carbocycles. The molecule has 0 fully saturated rings. The molecule has 72 valence electrons. The second-order valence-electron chi connectivity index (χ2n) is 2.96. The van der Waals surface area contributed by atoms with Crippen molar-refractivity contribution in [2.75, 3.05) is 38.0 Å². The van der Waals surface area contributed by atoms with Crippen LogP contribution in [0.2, 0.25) is 0 Å². The summed E-state index contributed by atoms with van der Waals surface area (Å²) in [5.74, 6) is 0.660. The first kappa shape index (κ1) is 10.3. The molecular formula is C7H12N4S2. The average molecular weight is 216 g/mol. The summed E-state index contributed by atoms with van der Waals surface area (Å²) in [5, 5.41) is 0.878. The third-order valence-corrected chi connectivity index (χ3v) is 2.59. The Kier molecular flexibility index (Phi) is 3.16. The minimum Gasteiger partial charge on any atom is -0.354 e. The van der Waals surface area contributed by atoms with E-state index in [9.17, 15) is 0 Å². The lowest BCUT2D eigenvalue weighted by Crippen LogP contribution is -2.16. The Balaban J connectivity index is 3.19. The van der Waals surface area contributed by atoms with Crippen LogP contribution in [-0.2, 0) is 0 Å². The highest BCUT2D eigenvalue weighted by Crippen LogP contribution is 2.17. The van der Waals surface area contributed by atoms with Gasteiger partial charge in [0.2, 0.25) is 5.95 Å². The third-order valence-electron chi connectivity index (χ3n) is 1.35. The average Bonchev–Trinajstić information content (AvgIpc) is 2.03. The fourth-order valence-corrected chi connectivity index (χ4v) is 1.61. The second kappa shape index (κ2) is 3.97. The Morgan fingerprint density at radius 3 is 2.15 bits per heavy atom. The van der Waals surface area contributed by atoms with Gasteiger partial charge in [-0.3, -0.25) is 0 Å². The third kappa shape index (κ3) is 2.60. The highest BCUT2D eigenvalue weighted by atomic mass is 32.1. The molecule has 13 heavy (non-hydrogen) atoms. The quantitative estimate of drug-likeness (QED) is 0.698. The van der Waals surface area contributed by atoms with Crippen molar-refractivity contribution in [2.24, 2.45) is 0 Å². The molecule has 0 aliphatic carbocycles. The maximum atomic E-state index is 5.04. The van der Waals surface area contributed by atoms with E-state index in [0.29, 0.717) is 9.90 Å². The Morgan fingerprint density at radius 1 is 1.08 bits per heavy atom. The Labute approximate surface area is 86.9 Å². The van der Waals surface area contributed by atoms with Crippen LogP contribution in [0, 0.1) is 3.95 Å². The molecule has 0 amide bonds. The zero-order valence-corrected chi connectivity index (χ0v) is 9.74. The predicted molar refractivity (Wildman–Crippen MR) is 59.4 cm³/mol. The lowest BCUT2D eigenvalue weighted by Gasteiger charge is -2.13. The van der Waals surface area contributed by atoms with Crippen LogP contribution in [0.5, 0.6) is 0 Å². The molecule has 0 aliphatic rings. The maximum Gasteiger partial charge on any atom is 0.229 e. The summed E-state index contributed by atoms with van der Waals surface area (Å²) in [6.07, 6.45) is 0. The van der Waals surface area contributed by atoms with Gasteiger partial charge in [0.25, 0.3) is 0 Å². The first-order valence-electron chi connectivity index (χ1n) is 3.74. The van der Waals surface area contributed by atoms with Gasteiger partial charge in [0, 0.05) is 28.2 Å². The van der Waals surface area contributed by atoms with Gasteiger partial charge in [0.05, 0.1) is 0 Å². The SMILES string of the molecule is CN(C)c1nc(N(C)C)sc(=S)n1. The zero-order valence-electron chi connectivity index (χ0n) is 8.11. The first-order chi connectivity index (χ1) is 6.00. The number of nitrogens with zero attached hydrogens (tertiary/aromatic N) is 4. The van der Waals surface area contributed by atoms with E-state index in [0.717, 1.165) is 5.13 Å². The van der Waals surface area contributed by atoms with Crippen LogP contribution >= 0.6 is 23.6 Å². The van der Waals surface area contributed by atoms with Crippen molar-refractivity contribution in [1.82, 2.24) is 9.97 Å². The molecule has 0 aliphatic heterocycles. The van der Waals surface area contributed by atoms with Crippen molar-refractivity contribution in [3.05, 3.63) is 3.95 Å². The number of hydrogen-bond acceptors (Lipinski definition) is 6. The van der Waals surface area contributed by atoms with Crippen LogP contribution in [0.25, 0.3) is 0 Å². The molecule has 1 rings (SSSR count). The summed E-state index contributed by atoms with van der Waals surface area (Å²) in [7, 11) is 7.67. The van der Waals surface area contributed by atoms with Gasteiger partial charge in [-0.25, -0.2) is 0 Å². The number of hydrogen-bond donors (Lipinski definition) is 0. The van der Waals surface area contributed by atoms with Gasteiger partial charge < -0.3 is 9.80 Å². The molecular weight excluding hydrogens is 204 g/mol. The van der Waals surface area contributed by atoms with Crippen LogP contribution in [0.1, 0.15) is 0 Å². The monoisotopic (exact) mass is 216 g/mol. The van der Waals surface area contributed by atoms with E-state index >= 15 is 0 Å². The van der Waals surface area contributed by atoms with E-state index < -0.39 is 0 Å². The van der Waals surface area contributed by atoms with E-state index in [2.05, 4.69) is 9.97 Å². The molecule has 0 radical (unpaired) electrons. The number of anilines is 2. The Morgan fingerprint density at radius 2 is 1.69 bits per heavy atom. The second-order valence-corrected chi connectivity index (χ2v) is 4.56. The fourth-order valence-electron chi connectivity index (χ4n) is 0.707. The topological polar surface area (TPSA) is 32.3 Å². The number of aromatic nitrogens is 2. The molecule has 0 atom stereocenters. The van der Waals surface area contributed by atoms with Crippen LogP contribution < -0.4 is 9.80 Å². The van der Waals surface area contributed by atoms with Crippen LogP contribution in [-0.4, -0.2) is 38.2 Å². The van der Waals surface area contributed by atoms with Crippen LogP contribution in [0.4, 0.5) is 11.1 Å². The molecule has 0 saturated heterocycles. The molecule has 0 unspecified atom stereocenters. The van der Waals surface area contributed by atoms with Gasteiger partial charge in [-0.15, -0.1) is 0 Å². The summed E-state index contributed by atoms with van der Waals surface area (Å²) in [6.45, 7) is 0. The molecule has 0 N–H and O–H groups in total. The van der Waals surface area contributed by atoms with E-state index in [1.165, 1.54) is 11.3 Å². The fraction of sp³-hybridized carbons (Fsp3) is 0.571. The molecule has 4 nitrogen and oxygen atoms in total. The first-order valence-corrected chi connectivity index (χ1v) is 4.97. The molecule has 1 aromatic heterocycles. The van der Waals surface area contributed by atoms with Crippen molar-refractivity contribution >= 4 is 34.6 Å². The normalized spacial score (nSPS) is 9.85. The molecule has 0 aromatic carbocycles. The smallest absolute Gasteiger partial charge is 0.229 e. The minimum absolute atomic E-state index is 0.613.